The van der Waals surface area contributed by atoms with Gasteiger partial charge in [-0.15, -0.1) is 23.1 Å². The van der Waals surface area contributed by atoms with Crippen LogP contribution in [0.25, 0.3) is 0 Å². The molecule has 6 nitrogen and oxygen atoms in total. The first kappa shape index (κ1) is 27.7. The van der Waals surface area contributed by atoms with E-state index in [1.165, 1.54) is 34.4 Å². The number of hydrogen-bond acceptors (Lipinski definition) is 6. The molecule has 0 bridgehead atoms. The van der Waals surface area contributed by atoms with E-state index in [9.17, 15) is 14.4 Å². The number of nitrogens with one attached hydrogen (secondary N) is 2. The molecule has 0 radical (unpaired) electrons. The predicted molar refractivity (Wildman–Crippen MR) is 152 cm³/mol. The van der Waals surface area contributed by atoms with Crippen LogP contribution in [0.3, 0.4) is 0 Å². The lowest BCUT2D eigenvalue weighted by Crippen LogP contribution is -2.25. The van der Waals surface area contributed by atoms with E-state index in [4.69, 9.17) is 4.74 Å². The fraction of sp³-hybridized carbons (Fsp3) is 0.552. The summed E-state index contributed by atoms with van der Waals surface area (Å²) in [7, 11) is 0. The maximum Gasteiger partial charge on any atom is 0.341 e. The summed E-state index contributed by atoms with van der Waals surface area (Å²) in [6.45, 7) is 4.09. The van der Waals surface area contributed by atoms with Gasteiger partial charge in [0.25, 0.3) is 0 Å². The van der Waals surface area contributed by atoms with Crippen LogP contribution in [-0.2, 0) is 27.2 Å². The first-order valence-electron chi connectivity index (χ1n) is 13.7. The van der Waals surface area contributed by atoms with Crippen molar-refractivity contribution in [3.05, 3.63) is 40.3 Å². The van der Waals surface area contributed by atoms with Gasteiger partial charge in [0.05, 0.1) is 17.4 Å². The third kappa shape index (κ3) is 7.17. The van der Waals surface area contributed by atoms with E-state index in [0.29, 0.717) is 23.6 Å². The Morgan fingerprint density at radius 3 is 2.54 bits per heavy atom. The Morgan fingerprint density at radius 2 is 1.78 bits per heavy atom. The van der Waals surface area contributed by atoms with E-state index in [0.717, 1.165) is 73.9 Å². The number of rotatable bonds is 9. The SMILES string of the molecule is CCOC(=O)c1c(NC(=O)C(CC)Sc2cccc(NC(=O)C3CCCCC3)c2)sc2c1CCCCC2. The molecule has 1 heterocycles. The molecule has 0 saturated heterocycles. The Balaban J connectivity index is 1.45. The zero-order valence-corrected chi connectivity index (χ0v) is 23.5. The Bertz CT molecular complexity index is 1110. The molecule has 2 aliphatic carbocycles. The number of thioether (sulfide) groups is 1. The maximum atomic E-state index is 13.4. The molecule has 1 aromatic carbocycles. The number of ether oxygens (including phenoxy) is 1. The average molecular weight is 543 g/mol. The number of amides is 2. The van der Waals surface area contributed by atoms with Crippen molar-refractivity contribution in [2.24, 2.45) is 5.92 Å². The minimum atomic E-state index is -0.348. The highest BCUT2D eigenvalue weighted by Crippen LogP contribution is 2.39. The largest absolute Gasteiger partial charge is 0.462 e. The van der Waals surface area contributed by atoms with Crippen molar-refractivity contribution in [3.8, 4) is 0 Å². The van der Waals surface area contributed by atoms with Gasteiger partial charge < -0.3 is 15.4 Å². The molecular weight excluding hydrogens is 504 g/mol. The number of fused-ring (bicyclic) bond motifs is 1. The van der Waals surface area contributed by atoms with Gasteiger partial charge >= 0.3 is 5.97 Å². The lowest BCUT2D eigenvalue weighted by molar-refractivity contribution is -0.120. The molecule has 2 aromatic rings. The van der Waals surface area contributed by atoms with Gasteiger partial charge in [0.2, 0.25) is 11.8 Å². The lowest BCUT2D eigenvalue weighted by Gasteiger charge is -2.21. The van der Waals surface area contributed by atoms with Gasteiger partial charge in [0.15, 0.2) is 0 Å². The highest BCUT2D eigenvalue weighted by molar-refractivity contribution is 8.00. The van der Waals surface area contributed by atoms with E-state index in [2.05, 4.69) is 10.6 Å². The van der Waals surface area contributed by atoms with Crippen molar-refractivity contribution < 1.29 is 19.1 Å². The number of esters is 1. The Labute approximate surface area is 228 Å². The number of benzene rings is 1. The van der Waals surface area contributed by atoms with Crippen molar-refractivity contribution in [1.82, 2.24) is 0 Å². The Kier molecular flexibility index (Phi) is 10.1. The van der Waals surface area contributed by atoms with Crippen molar-refractivity contribution in [2.45, 2.75) is 94.6 Å². The molecule has 2 aliphatic rings. The molecule has 4 rings (SSSR count). The fourth-order valence-corrected chi connectivity index (χ4v) is 7.48. The van der Waals surface area contributed by atoms with Gasteiger partial charge in [-0.05, 0) is 75.6 Å². The number of anilines is 2. The van der Waals surface area contributed by atoms with Crippen LogP contribution < -0.4 is 10.6 Å². The molecule has 2 amide bonds. The monoisotopic (exact) mass is 542 g/mol. The molecule has 1 saturated carbocycles. The third-order valence-corrected chi connectivity index (χ3v) is 9.72. The summed E-state index contributed by atoms with van der Waals surface area (Å²) in [6.07, 6.45) is 11.1. The van der Waals surface area contributed by atoms with Crippen molar-refractivity contribution in [1.29, 1.82) is 0 Å². The Hall–Kier alpha value is -2.32. The summed E-state index contributed by atoms with van der Waals surface area (Å²) in [4.78, 5) is 41.0. The molecular formula is C29H38N2O4S2. The van der Waals surface area contributed by atoms with E-state index in [-0.39, 0.29) is 29.0 Å². The highest BCUT2D eigenvalue weighted by atomic mass is 32.2. The normalized spacial score (nSPS) is 16.8. The van der Waals surface area contributed by atoms with Gasteiger partial charge in [0.1, 0.15) is 5.00 Å². The van der Waals surface area contributed by atoms with Gasteiger partial charge in [0, 0.05) is 21.4 Å². The van der Waals surface area contributed by atoms with Crippen LogP contribution in [0.2, 0.25) is 0 Å². The summed E-state index contributed by atoms with van der Waals surface area (Å²) in [5, 5.41) is 6.43. The van der Waals surface area contributed by atoms with Crippen LogP contribution in [0.5, 0.6) is 0 Å². The summed E-state index contributed by atoms with van der Waals surface area (Å²) in [5.41, 5.74) is 2.37. The Morgan fingerprint density at radius 1 is 1.03 bits per heavy atom. The molecule has 0 spiro atoms. The van der Waals surface area contributed by atoms with Gasteiger partial charge in [-0.25, -0.2) is 4.79 Å². The fourth-order valence-electron chi connectivity index (χ4n) is 5.19. The van der Waals surface area contributed by atoms with Crippen molar-refractivity contribution in [3.63, 3.8) is 0 Å². The van der Waals surface area contributed by atoms with Crippen LogP contribution in [-0.4, -0.2) is 29.6 Å². The molecule has 1 atom stereocenters. The highest BCUT2D eigenvalue weighted by Gasteiger charge is 2.28. The minimum absolute atomic E-state index is 0.0914. The zero-order chi connectivity index (χ0) is 26.2. The minimum Gasteiger partial charge on any atom is -0.462 e. The summed E-state index contributed by atoms with van der Waals surface area (Å²) in [5.74, 6) is -0.283. The molecule has 37 heavy (non-hydrogen) atoms. The average Bonchev–Trinajstić information content (AvgIpc) is 3.07. The molecule has 200 valence electrons. The summed E-state index contributed by atoms with van der Waals surface area (Å²) < 4.78 is 5.36. The number of carbonyl (C=O) groups excluding carboxylic acids is 3. The van der Waals surface area contributed by atoms with E-state index < -0.39 is 0 Å². The molecule has 1 aromatic heterocycles. The van der Waals surface area contributed by atoms with Crippen molar-refractivity contribution >= 4 is 51.6 Å². The van der Waals surface area contributed by atoms with E-state index >= 15 is 0 Å². The number of carbonyl (C=O) groups is 3. The second-order valence-corrected chi connectivity index (χ2v) is 12.2. The molecule has 2 N–H and O–H groups in total. The third-order valence-electron chi connectivity index (χ3n) is 7.16. The number of thiophene rings is 1. The van der Waals surface area contributed by atoms with Crippen LogP contribution in [0.1, 0.15) is 92.4 Å². The summed E-state index contributed by atoms with van der Waals surface area (Å²) in [6, 6.07) is 7.72. The second kappa shape index (κ2) is 13.5. The van der Waals surface area contributed by atoms with E-state index in [1.54, 1.807) is 6.92 Å². The number of aryl methyl sites for hydroxylation is 1. The van der Waals surface area contributed by atoms with Crippen LogP contribution in [0.4, 0.5) is 10.7 Å². The van der Waals surface area contributed by atoms with Gasteiger partial charge in [-0.1, -0.05) is 38.7 Å². The first-order chi connectivity index (χ1) is 18.0. The second-order valence-electron chi connectivity index (χ2n) is 9.85. The molecule has 0 aliphatic heterocycles. The standard InChI is InChI=1S/C29H38N2O4S2/c1-3-23(36-21-15-11-14-20(18-21)30-26(32)19-12-7-5-8-13-19)27(33)31-28-25(29(34)35-4-2)22-16-9-6-10-17-24(22)37-28/h11,14-15,18-19,23H,3-10,12-13,16-17H2,1-2H3,(H,30,32)(H,31,33). The molecule has 8 heteroatoms. The van der Waals surface area contributed by atoms with E-state index in [1.807, 2.05) is 31.2 Å². The first-order valence-corrected chi connectivity index (χ1v) is 15.4. The molecule has 1 fully saturated rings. The van der Waals surface area contributed by atoms with Gasteiger partial charge in [-0.2, -0.15) is 0 Å². The van der Waals surface area contributed by atoms with Crippen LogP contribution in [0, 0.1) is 5.92 Å². The van der Waals surface area contributed by atoms with Crippen LogP contribution >= 0.6 is 23.1 Å². The summed E-state index contributed by atoms with van der Waals surface area (Å²) >= 11 is 3.01. The maximum absolute atomic E-state index is 13.4. The smallest absolute Gasteiger partial charge is 0.341 e. The predicted octanol–water partition coefficient (Wildman–Crippen LogP) is 7.22. The van der Waals surface area contributed by atoms with Crippen molar-refractivity contribution in [2.75, 3.05) is 17.2 Å². The van der Waals surface area contributed by atoms with Gasteiger partial charge in [-0.3, -0.25) is 9.59 Å². The topological polar surface area (TPSA) is 84.5 Å². The number of hydrogen-bond donors (Lipinski definition) is 2. The quantitative estimate of drug-likeness (QED) is 0.198. The van der Waals surface area contributed by atoms with Crippen LogP contribution in [0.15, 0.2) is 29.2 Å². The lowest BCUT2D eigenvalue weighted by atomic mass is 9.88. The zero-order valence-electron chi connectivity index (χ0n) is 21.9. The molecule has 1 unspecified atom stereocenters.